The van der Waals surface area contributed by atoms with Gasteiger partial charge in [0.2, 0.25) is 0 Å². The Morgan fingerprint density at radius 3 is 0.792 bits per heavy atom. The molecule has 3 unspecified atom stereocenters. The average Bonchev–Trinajstić information content (AvgIpc) is 1.13. The molecule has 0 saturated heterocycles. The van der Waals surface area contributed by atoms with Gasteiger partial charge in [0, 0.05) is 25.7 Å². The number of phosphoric ester groups is 2. The smallest absolute Gasteiger partial charge is 0.462 e. The van der Waals surface area contributed by atoms with Crippen LogP contribution in [0, 0.1) is 11.8 Å². The lowest BCUT2D eigenvalue weighted by Crippen LogP contribution is -2.30. The number of ether oxygens (including phenoxy) is 4. The fourth-order valence-electron chi connectivity index (χ4n) is 11.8. The molecule has 19 heteroatoms. The minimum atomic E-state index is -4.96. The minimum Gasteiger partial charge on any atom is -0.462 e. The highest BCUT2D eigenvalue weighted by atomic mass is 31.2. The van der Waals surface area contributed by atoms with E-state index < -0.39 is 97.5 Å². The summed E-state index contributed by atoms with van der Waals surface area (Å²) in [5.41, 5.74) is 0. The van der Waals surface area contributed by atoms with E-state index in [2.05, 4.69) is 41.5 Å². The molecule has 0 amide bonds. The Hall–Kier alpha value is -1.94. The zero-order chi connectivity index (χ0) is 70.7. The van der Waals surface area contributed by atoms with E-state index in [0.717, 1.165) is 102 Å². The van der Waals surface area contributed by atoms with Gasteiger partial charge < -0.3 is 33.8 Å². The van der Waals surface area contributed by atoms with Crippen molar-refractivity contribution < 1.29 is 80.2 Å². The molecule has 0 aliphatic rings. The Bertz CT molecular complexity index is 1860. The highest BCUT2D eigenvalue weighted by molar-refractivity contribution is 7.47. The molecule has 570 valence electrons. The minimum absolute atomic E-state index is 0.105. The summed E-state index contributed by atoms with van der Waals surface area (Å²) in [7, 11) is -9.91. The number of rotatable bonds is 76. The quantitative estimate of drug-likeness (QED) is 0.0222. The zero-order valence-corrected chi connectivity index (χ0v) is 64.5. The maximum absolute atomic E-state index is 13.1. The first-order valence-electron chi connectivity index (χ1n) is 40.0. The van der Waals surface area contributed by atoms with E-state index in [9.17, 15) is 43.2 Å². The Labute approximate surface area is 588 Å². The number of esters is 4. The number of carbonyl (C=O) groups is 4. The number of phosphoric acid groups is 2. The standard InChI is InChI=1S/C77H150O17P2/c1-7-10-12-14-16-18-20-27-31-35-42-48-54-60-75(80)88-65-72(93-76(81)61-55-49-43-36-32-29-26-24-22-21-23-25-28-30-33-40-46-52-58-70(6)9-3)67-91-95(83,84)89-63-71(78)64-90-96(85,86)92-68-73(66-87-74(79)59-53-47-41-34-19-17-15-13-11-8-2)94-77(82)62-56-50-44-38-37-39-45-51-57-69(4)5/h69-73,78H,7-68H2,1-6H3,(H,83,84)(H,85,86)/t70?,71-,72-,73-/m1/s1. The first kappa shape index (κ1) is 94.1. The van der Waals surface area contributed by atoms with Crippen LogP contribution in [0.3, 0.4) is 0 Å². The van der Waals surface area contributed by atoms with E-state index in [4.69, 9.17) is 37.0 Å². The molecule has 0 aromatic rings. The number of hydrogen-bond donors (Lipinski definition) is 3. The molecule has 96 heavy (non-hydrogen) atoms. The summed E-state index contributed by atoms with van der Waals surface area (Å²) in [6.45, 7) is 9.62. The van der Waals surface area contributed by atoms with Crippen LogP contribution in [0.4, 0.5) is 0 Å². The van der Waals surface area contributed by atoms with Gasteiger partial charge in [-0.05, 0) is 37.5 Å². The van der Waals surface area contributed by atoms with Crippen molar-refractivity contribution in [2.45, 2.75) is 419 Å². The molecule has 0 saturated carbocycles. The second kappa shape index (κ2) is 68.8. The second-order valence-electron chi connectivity index (χ2n) is 28.5. The van der Waals surface area contributed by atoms with Gasteiger partial charge in [0.25, 0.3) is 0 Å². The number of aliphatic hydroxyl groups is 1. The Morgan fingerprint density at radius 2 is 0.531 bits per heavy atom. The summed E-state index contributed by atoms with van der Waals surface area (Å²) in [4.78, 5) is 72.8. The SMILES string of the molecule is CCCCCCCCCCCCCCCC(=O)OC[C@H](COP(=O)(O)OC[C@@H](O)COP(=O)(O)OC[C@@H](COC(=O)CCCCCCCCCCCC)OC(=O)CCCCCCCCCCC(C)C)OC(=O)CCCCCCCCCCCCCCCCCCCCC(C)CC. The third-order valence-electron chi connectivity index (χ3n) is 18.3. The van der Waals surface area contributed by atoms with E-state index >= 15 is 0 Å². The van der Waals surface area contributed by atoms with Gasteiger partial charge in [-0.15, -0.1) is 0 Å². The lowest BCUT2D eigenvalue weighted by molar-refractivity contribution is -0.161. The van der Waals surface area contributed by atoms with Crippen LogP contribution in [-0.2, 0) is 65.4 Å². The molecule has 0 spiro atoms. The normalized spacial score (nSPS) is 14.3. The molecule has 3 N–H and O–H groups in total. The highest BCUT2D eigenvalue weighted by Gasteiger charge is 2.30. The molecule has 0 bridgehead atoms. The van der Waals surface area contributed by atoms with E-state index in [1.165, 1.54) is 218 Å². The summed E-state index contributed by atoms with van der Waals surface area (Å²) in [6.07, 6.45) is 56.9. The van der Waals surface area contributed by atoms with Crippen molar-refractivity contribution in [1.82, 2.24) is 0 Å². The van der Waals surface area contributed by atoms with Crippen LogP contribution in [0.2, 0.25) is 0 Å². The lowest BCUT2D eigenvalue weighted by atomic mass is 9.99. The Kier molecular flexibility index (Phi) is 67.4. The van der Waals surface area contributed by atoms with Gasteiger partial charge in [-0.3, -0.25) is 37.3 Å². The van der Waals surface area contributed by atoms with Crippen LogP contribution in [0.1, 0.15) is 401 Å². The van der Waals surface area contributed by atoms with Gasteiger partial charge in [-0.2, -0.15) is 0 Å². The molecule has 6 atom stereocenters. The van der Waals surface area contributed by atoms with Crippen molar-refractivity contribution >= 4 is 39.5 Å². The van der Waals surface area contributed by atoms with Gasteiger partial charge in [-0.1, -0.05) is 350 Å². The molecule has 0 aromatic carbocycles. The first-order chi connectivity index (χ1) is 46.4. The zero-order valence-electron chi connectivity index (χ0n) is 62.7. The Balaban J connectivity index is 5.18. The predicted molar refractivity (Wildman–Crippen MR) is 391 cm³/mol. The van der Waals surface area contributed by atoms with Crippen molar-refractivity contribution in [3.63, 3.8) is 0 Å². The van der Waals surface area contributed by atoms with E-state index in [1.807, 2.05) is 0 Å². The maximum atomic E-state index is 13.1. The summed E-state index contributed by atoms with van der Waals surface area (Å²) < 4.78 is 68.5. The predicted octanol–water partition coefficient (Wildman–Crippen LogP) is 22.7. The third kappa shape index (κ3) is 69.2. The van der Waals surface area contributed by atoms with Crippen LogP contribution in [0.25, 0.3) is 0 Å². The molecule has 0 heterocycles. The lowest BCUT2D eigenvalue weighted by Gasteiger charge is -2.21. The summed E-state index contributed by atoms with van der Waals surface area (Å²) in [5, 5.41) is 10.6. The third-order valence-corrected chi connectivity index (χ3v) is 20.2. The molecule has 0 rings (SSSR count). The molecular formula is C77H150O17P2. The fourth-order valence-corrected chi connectivity index (χ4v) is 13.4. The van der Waals surface area contributed by atoms with Crippen molar-refractivity contribution in [3.05, 3.63) is 0 Å². The van der Waals surface area contributed by atoms with Crippen molar-refractivity contribution in [1.29, 1.82) is 0 Å². The summed E-state index contributed by atoms with van der Waals surface area (Å²) >= 11 is 0. The molecule has 0 radical (unpaired) electrons. The molecule has 0 aromatic heterocycles. The van der Waals surface area contributed by atoms with Crippen molar-refractivity contribution in [2.75, 3.05) is 39.6 Å². The van der Waals surface area contributed by atoms with Gasteiger partial charge in [0.05, 0.1) is 26.4 Å². The van der Waals surface area contributed by atoms with E-state index in [1.54, 1.807) is 0 Å². The van der Waals surface area contributed by atoms with Gasteiger partial charge >= 0.3 is 39.5 Å². The molecule has 0 aliphatic heterocycles. The fraction of sp³-hybridized carbons (Fsp3) is 0.948. The van der Waals surface area contributed by atoms with Crippen molar-refractivity contribution in [2.24, 2.45) is 11.8 Å². The van der Waals surface area contributed by atoms with Gasteiger partial charge in [0.15, 0.2) is 12.2 Å². The van der Waals surface area contributed by atoms with Gasteiger partial charge in [0.1, 0.15) is 19.3 Å². The maximum Gasteiger partial charge on any atom is 0.472 e. The highest BCUT2D eigenvalue weighted by Crippen LogP contribution is 2.45. The molecular weight excluding hydrogens is 1260 g/mol. The number of aliphatic hydroxyl groups excluding tert-OH is 1. The van der Waals surface area contributed by atoms with Crippen molar-refractivity contribution in [3.8, 4) is 0 Å². The number of hydrogen-bond acceptors (Lipinski definition) is 15. The average molecular weight is 1410 g/mol. The van der Waals surface area contributed by atoms with Crippen LogP contribution in [-0.4, -0.2) is 96.7 Å². The molecule has 17 nitrogen and oxygen atoms in total. The molecule has 0 fully saturated rings. The second-order valence-corrected chi connectivity index (χ2v) is 31.4. The molecule has 0 aliphatic carbocycles. The number of carbonyl (C=O) groups excluding carboxylic acids is 4. The van der Waals surface area contributed by atoms with Crippen LogP contribution < -0.4 is 0 Å². The van der Waals surface area contributed by atoms with Crippen LogP contribution in [0.15, 0.2) is 0 Å². The van der Waals surface area contributed by atoms with Gasteiger partial charge in [-0.25, -0.2) is 9.13 Å². The Morgan fingerprint density at radius 1 is 0.302 bits per heavy atom. The topological polar surface area (TPSA) is 237 Å². The van der Waals surface area contributed by atoms with E-state index in [-0.39, 0.29) is 25.7 Å². The first-order valence-corrected chi connectivity index (χ1v) is 43.0. The summed E-state index contributed by atoms with van der Waals surface area (Å²) in [5.74, 6) is -0.526. The van der Waals surface area contributed by atoms with Crippen LogP contribution in [0.5, 0.6) is 0 Å². The van der Waals surface area contributed by atoms with E-state index in [0.29, 0.717) is 25.7 Å². The summed E-state index contributed by atoms with van der Waals surface area (Å²) in [6, 6.07) is 0. The number of unbranched alkanes of at least 4 members (excludes halogenated alkanes) is 45. The monoisotopic (exact) mass is 1410 g/mol. The van der Waals surface area contributed by atoms with Crippen LogP contribution >= 0.6 is 15.6 Å². The largest absolute Gasteiger partial charge is 0.472 e.